The number of nitrogens with zero attached hydrogens (tertiary/aromatic N) is 2. The zero-order valence-electron chi connectivity index (χ0n) is 14.8. The van der Waals surface area contributed by atoms with Crippen molar-refractivity contribution < 1.29 is 9.47 Å². The van der Waals surface area contributed by atoms with E-state index in [9.17, 15) is 0 Å². The maximum atomic E-state index is 5.74. The van der Waals surface area contributed by atoms with E-state index in [0.29, 0.717) is 5.92 Å². The minimum Gasteiger partial charge on any atom is -0.381 e. The van der Waals surface area contributed by atoms with Gasteiger partial charge in [0.15, 0.2) is 5.96 Å². The third kappa shape index (κ3) is 8.03. The van der Waals surface area contributed by atoms with Gasteiger partial charge in [0.2, 0.25) is 0 Å². The lowest BCUT2D eigenvalue weighted by molar-refractivity contribution is 0.0893. The van der Waals surface area contributed by atoms with Crippen molar-refractivity contribution in [2.24, 2.45) is 16.8 Å². The molecule has 0 aromatic carbocycles. The third-order valence-electron chi connectivity index (χ3n) is 4.50. The molecule has 0 saturated carbocycles. The highest BCUT2D eigenvalue weighted by Gasteiger charge is 2.18. The van der Waals surface area contributed by atoms with Crippen LogP contribution >= 0.6 is 24.0 Å². The molecular formula is C17H34IN3O2. The van der Waals surface area contributed by atoms with Crippen LogP contribution in [-0.2, 0) is 9.47 Å². The molecule has 23 heavy (non-hydrogen) atoms. The molecule has 2 aliphatic rings. The van der Waals surface area contributed by atoms with Crippen molar-refractivity contribution in [1.29, 1.82) is 0 Å². The monoisotopic (exact) mass is 439 g/mol. The van der Waals surface area contributed by atoms with E-state index in [2.05, 4.69) is 24.1 Å². The fourth-order valence-corrected chi connectivity index (χ4v) is 2.96. The summed E-state index contributed by atoms with van der Waals surface area (Å²) < 4.78 is 11.1. The van der Waals surface area contributed by atoms with E-state index in [-0.39, 0.29) is 24.0 Å². The number of rotatable bonds is 7. The van der Waals surface area contributed by atoms with Crippen LogP contribution in [0.25, 0.3) is 0 Å². The number of halogens is 1. The number of hydrogen-bond acceptors (Lipinski definition) is 3. The predicted octanol–water partition coefficient (Wildman–Crippen LogP) is 2.75. The molecule has 0 aliphatic carbocycles. The standard InChI is InChI=1S/C17H33N3O2.HI/c1-3-18-17(20-9-5-15(2)6-10-20)19-8-4-11-21-13-16-7-12-22-14-16;/h15-16H,3-14H2,1-2H3,(H,18,19);1H. The first-order chi connectivity index (χ1) is 10.8. The summed E-state index contributed by atoms with van der Waals surface area (Å²) in [5.41, 5.74) is 0. The molecule has 1 N–H and O–H groups in total. The van der Waals surface area contributed by atoms with Crippen LogP contribution in [0.2, 0.25) is 0 Å². The summed E-state index contributed by atoms with van der Waals surface area (Å²) in [5.74, 6) is 2.54. The van der Waals surface area contributed by atoms with Crippen LogP contribution in [0.15, 0.2) is 4.99 Å². The molecule has 0 radical (unpaired) electrons. The number of hydrogen-bond donors (Lipinski definition) is 1. The lowest BCUT2D eigenvalue weighted by atomic mass is 10.00. The van der Waals surface area contributed by atoms with E-state index in [4.69, 9.17) is 14.5 Å². The Morgan fingerprint density at radius 3 is 2.74 bits per heavy atom. The van der Waals surface area contributed by atoms with Gasteiger partial charge in [0, 0.05) is 45.3 Å². The Morgan fingerprint density at radius 1 is 1.30 bits per heavy atom. The zero-order valence-corrected chi connectivity index (χ0v) is 17.1. The average Bonchev–Trinajstić information content (AvgIpc) is 3.04. The zero-order chi connectivity index (χ0) is 15.6. The molecule has 0 aromatic rings. The van der Waals surface area contributed by atoms with Crippen molar-refractivity contribution in [3.05, 3.63) is 0 Å². The van der Waals surface area contributed by atoms with Gasteiger partial charge in [-0.1, -0.05) is 6.92 Å². The molecule has 2 fully saturated rings. The Hall–Kier alpha value is -0.0800. The van der Waals surface area contributed by atoms with Gasteiger partial charge in [-0.3, -0.25) is 4.99 Å². The average molecular weight is 439 g/mol. The molecule has 1 unspecified atom stereocenters. The minimum atomic E-state index is 0. The van der Waals surface area contributed by atoms with Crippen molar-refractivity contribution >= 4 is 29.9 Å². The Kier molecular flexibility index (Phi) is 11.2. The molecule has 5 nitrogen and oxygen atoms in total. The van der Waals surface area contributed by atoms with Gasteiger partial charge in [0.05, 0.1) is 13.2 Å². The summed E-state index contributed by atoms with van der Waals surface area (Å²) in [4.78, 5) is 7.16. The van der Waals surface area contributed by atoms with Gasteiger partial charge in [-0.15, -0.1) is 24.0 Å². The van der Waals surface area contributed by atoms with Gasteiger partial charge in [-0.25, -0.2) is 0 Å². The summed E-state index contributed by atoms with van der Waals surface area (Å²) in [6.45, 7) is 11.9. The van der Waals surface area contributed by atoms with Crippen LogP contribution in [0.1, 0.15) is 39.5 Å². The quantitative estimate of drug-likeness (QED) is 0.287. The smallest absolute Gasteiger partial charge is 0.193 e. The normalized spacial score (nSPS) is 23.0. The van der Waals surface area contributed by atoms with Gasteiger partial charge < -0.3 is 19.7 Å². The van der Waals surface area contributed by atoms with Crippen LogP contribution in [0, 0.1) is 11.8 Å². The van der Waals surface area contributed by atoms with Crippen LogP contribution in [0.3, 0.4) is 0 Å². The molecule has 0 aromatic heterocycles. The first-order valence-corrected chi connectivity index (χ1v) is 8.98. The van der Waals surface area contributed by atoms with E-state index in [1.54, 1.807) is 0 Å². The van der Waals surface area contributed by atoms with Gasteiger partial charge in [-0.05, 0) is 38.5 Å². The number of ether oxygens (including phenoxy) is 2. The molecule has 0 spiro atoms. The topological polar surface area (TPSA) is 46.1 Å². The molecule has 0 amide bonds. The first kappa shape index (κ1) is 21.0. The summed E-state index contributed by atoms with van der Waals surface area (Å²) in [5, 5.41) is 3.42. The first-order valence-electron chi connectivity index (χ1n) is 8.98. The maximum absolute atomic E-state index is 5.74. The summed E-state index contributed by atoms with van der Waals surface area (Å²) in [7, 11) is 0. The number of guanidine groups is 1. The van der Waals surface area contributed by atoms with Crippen LogP contribution < -0.4 is 5.32 Å². The third-order valence-corrected chi connectivity index (χ3v) is 4.50. The fraction of sp³-hybridized carbons (Fsp3) is 0.941. The SMILES string of the molecule is CCNC(=NCCCOCC1CCOC1)N1CCC(C)CC1.I. The summed E-state index contributed by atoms with van der Waals surface area (Å²) in [6.07, 6.45) is 4.69. The lowest BCUT2D eigenvalue weighted by Gasteiger charge is -2.33. The van der Waals surface area contributed by atoms with E-state index >= 15 is 0 Å². The van der Waals surface area contributed by atoms with Crippen molar-refractivity contribution in [3.63, 3.8) is 0 Å². The highest BCUT2D eigenvalue weighted by Crippen LogP contribution is 2.16. The molecule has 0 bridgehead atoms. The highest BCUT2D eigenvalue weighted by molar-refractivity contribution is 14.0. The largest absolute Gasteiger partial charge is 0.381 e. The van der Waals surface area contributed by atoms with Crippen molar-refractivity contribution in [1.82, 2.24) is 10.2 Å². The molecule has 2 aliphatic heterocycles. The van der Waals surface area contributed by atoms with Crippen molar-refractivity contribution in [2.45, 2.75) is 39.5 Å². The second-order valence-corrected chi connectivity index (χ2v) is 6.56. The number of piperidine rings is 1. The van der Waals surface area contributed by atoms with E-state index < -0.39 is 0 Å². The Bertz CT molecular complexity index is 328. The molecule has 6 heteroatoms. The highest BCUT2D eigenvalue weighted by atomic mass is 127. The second kappa shape index (κ2) is 12.3. The van der Waals surface area contributed by atoms with Crippen LogP contribution in [0.5, 0.6) is 0 Å². The van der Waals surface area contributed by atoms with Crippen molar-refractivity contribution in [3.8, 4) is 0 Å². The summed E-state index contributed by atoms with van der Waals surface area (Å²) in [6, 6.07) is 0. The molecule has 136 valence electrons. The minimum absolute atomic E-state index is 0. The fourth-order valence-electron chi connectivity index (χ4n) is 2.96. The Morgan fingerprint density at radius 2 is 2.09 bits per heavy atom. The van der Waals surface area contributed by atoms with Gasteiger partial charge in [-0.2, -0.15) is 0 Å². The molecule has 2 rings (SSSR count). The number of likely N-dealkylation sites (tertiary alicyclic amines) is 1. The number of aliphatic imine (C=N–C) groups is 1. The van der Waals surface area contributed by atoms with E-state index in [1.165, 1.54) is 12.8 Å². The second-order valence-electron chi connectivity index (χ2n) is 6.56. The van der Waals surface area contributed by atoms with Gasteiger partial charge >= 0.3 is 0 Å². The molecular weight excluding hydrogens is 405 g/mol. The maximum Gasteiger partial charge on any atom is 0.193 e. The molecule has 2 heterocycles. The van der Waals surface area contributed by atoms with Gasteiger partial charge in [0.1, 0.15) is 0 Å². The molecule has 2 saturated heterocycles. The van der Waals surface area contributed by atoms with Crippen LogP contribution in [-0.4, -0.2) is 63.5 Å². The van der Waals surface area contributed by atoms with Crippen molar-refractivity contribution in [2.75, 3.05) is 52.6 Å². The number of nitrogens with one attached hydrogen (secondary N) is 1. The van der Waals surface area contributed by atoms with E-state index in [0.717, 1.165) is 77.3 Å². The van der Waals surface area contributed by atoms with E-state index in [1.807, 2.05) is 0 Å². The summed E-state index contributed by atoms with van der Waals surface area (Å²) >= 11 is 0. The Labute approximate surface area is 158 Å². The predicted molar refractivity (Wildman–Crippen MR) is 106 cm³/mol. The lowest BCUT2D eigenvalue weighted by Crippen LogP contribution is -2.45. The van der Waals surface area contributed by atoms with Gasteiger partial charge in [0.25, 0.3) is 0 Å². The Balaban J connectivity index is 0.00000264. The van der Waals surface area contributed by atoms with Crippen LogP contribution in [0.4, 0.5) is 0 Å². The molecule has 1 atom stereocenters.